The van der Waals surface area contributed by atoms with Crippen LogP contribution in [0.25, 0.3) is 33.1 Å². The molecule has 4 rings (SSSR count). The van der Waals surface area contributed by atoms with Crippen molar-refractivity contribution in [3.8, 4) is 22.5 Å². The van der Waals surface area contributed by atoms with Crippen LogP contribution in [-0.2, 0) is 46.4 Å². The molecule has 2 heterocycles. The molecule has 2 aromatic carbocycles. The summed E-state index contributed by atoms with van der Waals surface area (Å²) in [4.78, 5) is 7.40. The zero-order valence-corrected chi connectivity index (χ0v) is 25.3. The molecule has 0 N–H and O–H groups in total. The van der Waals surface area contributed by atoms with E-state index in [0.29, 0.717) is 24.3 Å². The summed E-state index contributed by atoms with van der Waals surface area (Å²) in [7, 11) is 7.00. The fourth-order valence-corrected chi connectivity index (χ4v) is 3.15. The van der Waals surface area contributed by atoms with Crippen molar-refractivity contribution in [3.63, 3.8) is 0 Å². The van der Waals surface area contributed by atoms with E-state index in [4.69, 9.17) is 0 Å². The first-order valence-electron chi connectivity index (χ1n) is 11.9. The molecule has 0 aliphatic carbocycles. The summed E-state index contributed by atoms with van der Waals surface area (Å²) in [6.07, 6.45) is -16.8. The molecule has 17 heteroatoms. The van der Waals surface area contributed by atoms with Gasteiger partial charge in [0, 0.05) is 0 Å². The molecule has 0 spiro atoms. The largest absolute Gasteiger partial charge is 4.00 e. The third-order valence-corrected chi connectivity index (χ3v) is 4.87. The van der Waals surface area contributed by atoms with Crippen LogP contribution in [0.2, 0.25) is 0 Å². The number of nitrogens with zero attached hydrogens (tertiary/aromatic N) is 4. The second kappa shape index (κ2) is 17.5. The molecule has 0 saturated carbocycles. The Hall–Kier alpha value is -3.21. The number of benzene rings is 2. The van der Waals surface area contributed by atoms with E-state index in [1.165, 1.54) is 36.7 Å². The van der Waals surface area contributed by atoms with Crippen molar-refractivity contribution in [2.45, 2.75) is 24.7 Å². The standard InChI is InChI=1S/2C12H6F6N.2C2H6N.Ti/c2*13-11(14,15)8-4-7(10-2-1-3-19-10)5-9(6-8)12(16,17)18;2*1-3-2;/h2*1-6H;2*1-2H3;/q4*-1;+4. The van der Waals surface area contributed by atoms with Crippen LogP contribution in [-0.4, -0.2) is 28.2 Å². The van der Waals surface area contributed by atoms with Gasteiger partial charge in [-0.25, -0.2) is 0 Å². The first kappa shape index (κ1) is 41.8. The van der Waals surface area contributed by atoms with Gasteiger partial charge in [-0.05, 0) is 47.5 Å². The predicted molar refractivity (Wildman–Crippen MR) is 141 cm³/mol. The topological polar surface area (TPSA) is 56.4 Å². The van der Waals surface area contributed by atoms with Crippen molar-refractivity contribution >= 4 is 0 Å². The van der Waals surface area contributed by atoms with Gasteiger partial charge in [0.2, 0.25) is 0 Å². The van der Waals surface area contributed by atoms with E-state index >= 15 is 0 Å². The smallest absolute Gasteiger partial charge is 0.668 e. The van der Waals surface area contributed by atoms with Gasteiger partial charge in [0.1, 0.15) is 0 Å². The number of aromatic nitrogens is 2. The second-order valence-corrected chi connectivity index (χ2v) is 8.53. The quantitative estimate of drug-likeness (QED) is 0.155. The van der Waals surface area contributed by atoms with Crippen LogP contribution in [0.3, 0.4) is 0 Å². The van der Waals surface area contributed by atoms with Gasteiger partial charge in [-0.2, -0.15) is 93.3 Å². The number of hydrogen-bond acceptors (Lipinski definition) is 0. The molecule has 4 nitrogen and oxygen atoms in total. The van der Waals surface area contributed by atoms with E-state index in [2.05, 4.69) is 20.6 Å². The van der Waals surface area contributed by atoms with E-state index < -0.39 is 47.0 Å². The fraction of sp³-hybridized carbons (Fsp3) is 0.286. The van der Waals surface area contributed by atoms with E-state index in [1.807, 2.05) is 0 Å². The van der Waals surface area contributed by atoms with Crippen LogP contribution in [0.1, 0.15) is 22.3 Å². The third kappa shape index (κ3) is 13.8. The van der Waals surface area contributed by atoms with E-state index in [-0.39, 0.29) is 56.4 Å². The number of hydrogen-bond donors (Lipinski definition) is 0. The third-order valence-electron chi connectivity index (χ3n) is 4.87. The summed E-state index contributed by atoms with van der Waals surface area (Å²) in [5.41, 5.74) is -5.69. The molecule has 45 heavy (non-hydrogen) atoms. The SMILES string of the molecule is C[N-]C.C[N-]C.FC(F)(F)c1cc(-c2ccc[n-]2)cc(C(F)(F)F)c1.FC(F)(F)c1cc(-c2ccc[n-]2)cc(C(F)(F)F)c1.[Ti+4]. The molecule has 0 aliphatic heterocycles. The van der Waals surface area contributed by atoms with Gasteiger partial charge in [-0.3, -0.25) is 0 Å². The van der Waals surface area contributed by atoms with Crippen molar-refractivity contribution < 1.29 is 74.4 Å². The Morgan fingerprint density at radius 2 is 0.667 bits per heavy atom. The monoisotopic (exact) mass is 692 g/mol. The van der Waals surface area contributed by atoms with E-state index in [1.54, 1.807) is 28.2 Å². The van der Waals surface area contributed by atoms with Crippen LogP contribution >= 0.6 is 0 Å². The summed E-state index contributed by atoms with van der Waals surface area (Å²) in [6.45, 7) is 0. The van der Waals surface area contributed by atoms with Crippen molar-refractivity contribution in [1.29, 1.82) is 0 Å². The average molecular weight is 692 g/mol. The summed E-state index contributed by atoms with van der Waals surface area (Å²) >= 11 is 0. The Balaban J connectivity index is 0.000000719. The van der Waals surface area contributed by atoms with Crippen LogP contribution in [0, 0.1) is 0 Å². The van der Waals surface area contributed by atoms with Crippen LogP contribution < -0.4 is 9.97 Å². The molecule has 0 amide bonds. The van der Waals surface area contributed by atoms with E-state index in [0.717, 1.165) is 0 Å². The maximum Gasteiger partial charge on any atom is 4.00 e. The van der Waals surface area contributed by atoms with Gasteiger partial charge < -0.3 is 20.6 Å². The zero-order chi connectivity index (χ0) is 33.9. The molecule has 0 radical (unpaired) electrons. The fourth-order valence-electron chi connectivity index (χ4n) is 3.15. The normalized spacial score (nSPS) is 11.6. The molecule has 4 aromatic rings. The summed E-state index contributed by atoms with van der Waals surface area (Å²) in [5, 5.41) is 7.00. The van der Waals surface area contributed by atoms with Gasteiger partial charge in [0.15, 0.2) is 0 Å². The molecule has 244 valence electrons. The maximum atomic E-state index is 12.6. The van der Waals surface area contributed by atoms with Gasteiger partial charge in [0.05, 0.1) is 22.3 Å². The first-order chi connectivity index (χ1) is 20.2. The van der Waals surface area contributed by atoms with Crippen molar-refractivity contribution in [3.05, 3.63) is 106 Å². The summed E-state index contributed by atoms with van der Waals surface area (Å²) < 4.78 is 151. The Kier molecular flexibility index (Phi) is 16.2. The first-order valence-corrected chi connectivity index (χ1v) is 11.9. The van der Waals surface area contributed by atoms with Gasteiger partial charge in [-0.15, -0.1) is 11.4 Å². The van der Waals surface area contributed by atoms with Gasteiger partial charge in [-0.1, -0.05) is 24.3 Å². The molecular weight excluding hydrogens is 668 g/mol. The molecule has 0 unspecified atom stereocenters. The van der Waals surface area contributed by atoms with Crippen molar-refractivity contribution in [1.82, 2.24) is 9.97 Å². The zero-order valence-electron chi connectivity index (χ0n) is 23.8. The average Bonchev–Trinajstić information content (AvgIpc) is 3.63. The molecule has 0 bridgehead atoms. The minimum absolute atomic E-state index is 0. The molecule has 2 aromatic heterocycles. The second-order valence-electron chi connectivity index (χ2n) is 8.53. The molecule has 0 atom stereocenters. The molecular formula is C28H24F12N4Ti. The van der Waals surface area contributed by atoms with Crippen molar-refractivity contribution in [2.24, 2.45) is 0 Å². The minimum Gasteiger partial charge on any atom is -0.668 e. The van der Waals surface area contributed by atoms with Crippen LogP contribution in [0.5, 0.6) is 0 Å². The Bertz CT molecular complexity index is 1220. The molecule has 0 aliphatic rings. The van der Waals surface area contributed by atoms with E-state index in [9.17, 15) is 52.7 Å². The number of rotatable bonds is 2. The van der Waals surface area contributed by atoms with Crippen LogP contribution in [0.15, 0.2) is 73.1 Å². The summed E-state index contributed by atoms with van der Waals surface area (Å²) in [6, 6.07) is 8.33. The van der Waals surface area contributed by atoms with Crippen LogP contribution in [0.4, 0.5) is 52.7 Å². The molecule has 0 fully saturated rings. The Morgan fingerprint density at radius 1 is 0.444 bits per heavy atom. The Morgan fingerprint density at radius 3 is 0.822 bits per heavy atom. The molecule has 0 saturated heterocycles. The summed E-state index contributed by atoms with van der Waals surface area (Å²) in [5.74, 6) is 0. The number of halogens is 12. The van der Waals surface area contributed by atoms with Gasteiger partial charge in [0.25, 0.3) is 0 Å². The maximum absolute atomic E-state index is 12.6. The number of alkyl halides is 12. The predicted octanol–water partition coefficient (Wildman–Crippen LogP) is 9.93. The minimum atomic E-state index is -4.84. The Labute approximate surface area is 265 Å². The van der Waals surface area contributed by atoms with Gasteiger partial charge >= 0.3 is 46.4 Å². The van der Waals surface area contributed by atoms with Crippen molar-refractivity contribution in [2.75, 3.05) is 28.2 Å².